The number of benzene rings is 1. The van der Waals surface area contributed by atoms with Crippen LogP contribution in [0.4, 0.5) is 13.2 Å². The quantitative estimate of drug-likeness (QED) is 0.284. The van der Waals surface area contributed by atoms with Gasteiger partial charge in [0.25, 0.3) is 5.91 Å². The molecule has 1 aliphatic heterocycles. The van der Waals surface area contributed by atoms with Gasteiger partial charge in [0, 0.05) is 35.2 Å². The van der Waals surface area contributed by atoms with E-state index in [1.54, 1.807) is 18.2 Å². The molecule has 1 amide bonds. The van der Waals surface area contributed by atoms with Gasteiger partial charge in [0.1, 0.15) is 0 Å². The Morgan fingerprint density at radius 2 is 1.94 bits per heavy atom. The first-order valence-corrected chi connectivity index (χ1v) is 13.0. The number of carbonyl (C=O) groups excluding carboxylic acids is 1. The lowest BCUT2D eigenvalue weighted by Gasteiger charge is -2.31. The molecule has 0 spiro atoms. The van der Waals surface area contributed by atoms with Gasteiger partial charge >= 0.3 is 6.18 Å². The van der Waals surface area contributed by atoms with E-state index < -0.39 is 12.1 Å². The fourth-order valence-corrected chi connectivity index (χ4v) is 4.72. The SMILES string of the molecule is C=C(/C=C(Cl)\C(Cl)=C(/C)Cl)C(/C=C/c1ccc(C(=O)NC2CCN(CCO)CC2)c(Br)c1)C(F)(F)F. The zero-order valence-electron chi connectivity index (χ0n) is 19.5. The molecule has 11 heteroatoms. The molecule has 1 atom stereocenters. The highest BCUT2D eigenvalue weighted by atomic mass is 79.9. The van der Waals surface area contributed by atoms with Gasteiger partial charge in [0.2, 0.25) is 0 Å². The van der Waals surface area contributed by atoms with Crippen LogP contribution in [0.25, 0.3) is 6.08 Å². The van der Waals surface area contributed by atoms with Crippen LogP contribution < -0.4 is 5.32 Å². The third-order valence-corrected chi connectivity index (χ3v) is 7.46. The van der Waals surface area contributed by atoms with Crippen molar-refractivity contribution in [1.29, 1.82) is 0 Å². The molecule has 0 saturated carbocycles. The number of β-amino-alcohol motifs (C(OH)–C–C–N with tert-alkyl or cyclic N) is 1. The third kappa shape index (κ3) is 9.23. The zero-order chi connectivity index (χ0) is 27.0. The van der Waals surface area contributed by atoms with Gasteiger partial charge in [0.15, 0.2) is 0 Å². The molecular weight excluding hydrogens is 604 g/mol. The van der Waals surface area contributed by atoms with Crippen LogP contribution >= 0.6 is 50.7 Å². The molecule has 1 aliphatic rings. The first-order chi connectivity index (χ1) is 16.8. The molecule has 1 heterocycles. The lowest BCUT2D eigenvalue weighted by molar-refractivity contribution is -0.150. The monoisotopic (exact) mass is 628 g/mol. The number of hydrogen-bond acceptors (Lipinski definition) is 3. The lowest BCUT2D eigenvalue weighted by Crippen LogP contribution is -2.45. The lowest BCUT2D eigenvalue weighted by atomic mass is 9.97. The summed E-state index contributed by atoms with van der Waals surface area (Å²) >= 11 is 21.0. The van der Waals surface area contributed by atoms with Gasteiger partial charge in [-0.15, -0.1) is 0 Å². The summed E-state index contributed by atoms with van der Waals surface area (Å²) in [5.41, 5.74) is 0.539. The molecule has 1 aromatic carbocycles. The van der Waals surface area contributed by atoms with Crippen molar-refractivity contribution in [3.63, 3.8) is 0 Å². The fraction of sp³-hybridized carbons (Fsp3) is 0.400. The van der Waals surface area contributed by atoms with Crippen molar-refractivity contribution in [2.24, 2.45) is 5.92 Å². The number of likely N-dealkylation sites (tertiary alicyclic amines) is 1. The Kier molecular flexibility index (Phi) is 12.1. The van der Waals surface area contributed by atoms with Crippen LogP contribution in [0.1, 0.15) is 35.7 Å². The van der Waals surface area contributed by atoms with Crippen molar-refractivity contribution in [2.75, 3.05) is 26.2 Å². The number of aliphatic hydroxyl groups is 1. The Labute approximate surface area is 232 Å². The number of piperidine rings is 1. The van der Waals surface area contributed by atoms with Crippen molar-refractivity contribution < 1.29 is 23.1 Å². The number of allylic oxidation sites excluding steroid dienone is 6. The Hall–Kier alpha value is -1.29. The third-order valence-electron chi connectivity index (χ3n) is 5.63. The fourth-order valence-electron chi connectivity index (χ4n) is 3.66. The van der Waals surface area contributed by atoms with Crippen LogP contribution in [-0.4, -0.2) is 54.4 Å². The minimum atomic E-state index is -4.61. The second-order valence-corrected chi connectivity index (χ2v) is 10.6. The number of amides is 1. The van der Waals surface area contributed by atoms with Gasteiger partial charge in [-0.05, 0) is 65.0 Å². The van der Waals surface area contributed by atoms with Crippen LogP contribution in [0, 0.1) is 5.92 Å². The highest BCUT2D eigenvalue weighted by molar-refractivity contribution is 9.10. The zero-order valence-corrected chi connectivity index (χ0v) is 23.4. The second-order valence-electron chi connectivity index (χ2n) is 8.35. The van der Waals surface area contributed by atoms with Crippen molar-refractivity contribution in [3.8, 4) is 0 Å². The highest BCUT2D eigenvalue weighted by Crippen LogP contribution is 2.36. The van der Waals surface area contributed by atoms with Crippen LogP contribution in [-0.2, 0) is 0 Å². The number of carbonyl (C=O) groups is 1. The summed E-state index contributed by atoms with van der Waals surface area (Å²) in [4.78, 5) is 14.9. The van der Waals surface area contributed by atoms with E-state index in [1.807, 2.05) is 0 Å². The van der Waals surface area contributed by atoms with Crippen LogP contribution in [0.15, 0.2) is 62.1 Å². The predicted octanol–water partition coefficient (Wildman–Crippen LogP) is 7.22. The first-order valence-electron chi connectivity index (χ1n) is 11.1. The van der Waals surface area contributed by atoms with E-state index in [0.29, 0.717) is 22.1 Å². The molecule has 0 aromatic heterocycles. The van der Waals surface area contributed by atoms with Gasteiger partial charge < -0.3 is 15.3 Å². The normalized spacial score (nSPS) is 17.8. The summed E-state index contributed by atoms with van der Waals surface area (Å²) in [5.74, 6) is -2.27. The summed E-state index contributed by atoms with van der Waals surface area (Å²) in [5, 5.41) is 12.0. The van der Waals surface area contributed by atoms with Gasteiger partial charge in [0.05, 0.1) is 28.2 Å². The van der Waals surface area contributed by atoms with E-state index in [2.05, 4.69) is 32.7 Å². The average Bonchev–Trinajstić information content (AvgIpc) is 2.79. The topological polar surface area (TPSA) is 52.6 Å². The van der Waals surface area contributed by atoms with Gasteiger partial charge in [-0.1, -0.05) is 59.6 Å². The minimum absolute atomic E-state index is 0.0169. The Morgan fingerprint density at radius 3 is 2.47 bits per heavy atom. The summed E-state index contributed by atoms with van der Waals surface area (Å²) in [6.45, 7) is 7.27. The summed E-state index contributed by atoms with van der Waals surface area (Å²) in [7, 11) is 0. The standard InChI is InChI=1S/C25H27BrCl3F3N2O2/c1-15(13-22(28)23(29)16(2)27)20(25(30,31)32)6-4-17-3-5-19(21(26)14-17)24(36)33-18-7-9-34(10-8-18)11-12-35/h3-6,13-14,18,20,35H,1,7-12H2,2H3,(H,33,36)/b6-4+,22-13+,23-16-. The Bertz CT molecular complexity index is 1050. The van der Waals surface area contributed by atoms with Crippen molar-refractivity contribution in [3.05, 3.63) is 73.2 Å². The van der Waals surface area contributed by atoms with Crippen LogP contribution in [0.5, 0.6) is 0 Å². The highest BCUT2D eigenvalue weighted by Gasteiger charge is 2.39. The van der Waals surface area contributed by atoms with Crippen molar-refractivity contribution in [1.82, 2.24) is 10.2 Å². The van der Waals surface area contributed by atoms with E-state index in [0.717, 1.165) is 38.1 Å². The molecule has 0 radical (unpaired) electrons. The van der Waals surface area contributed by atoms with Gasteiger partial charge in [-0.3, -0.25) is 4.79 Å². The van der Waals surface area contributed by atoms with E-state index in [4.69, 9.17) is 39.9 Å². The van der Waals surface area contributed by atoms with Crippen LogP contribution in [0.2, 0.25) is 0 Å². The van der Waals surface area contributed by atoms with Crippen molar-refractivity contribution >= 4 is 62.7 Å². The summed E-state index contributed by atoms with van der Waals surface area (Å²) in [6.07, 6.45) is 0.245. The average molecular weight is 631 g/mol. The number of nitrogens with zero attached hydrogens (tertiary/aromatic N) is 1. The molecule has 2 N–H and O–H groups in total. The molecule has 1 fully saturated rings. The molecule has 0 bridgehead atoms. The summed E-state index contributed by atoms with van der Waals surface area (Å²) < 4.78 is 41.5. The number of hydrogen-bond donors (Lipinski definition) is 2. The predicted molar refractivity (Wildman–Crippen MR) is 144 cm³/mol. The van der Waals surface area contributed by atoms with Gasteiger partial charge in [-0.25, -0.2) is 0 Å². The molecule has 1 saturated heterocycles. The molecule has 0 aliphatic carbocycles. The minimum Gasteiger partial charge on any atom is -0.395 e. The molecule has 1 aromatic rings. The number of aliphatic hydroxyl groups excluding tert-OH is 1. The van der Waals surface area contributed by atoms with E-state index in [1.165, 1.54) is 13.0 Å². The second kappa shape index (κ2) is 14.0. The van der Waals surface area contributed by atoms with Crippen LogP contribution in [0.3, 0.4) is 0 Å². The first kappa shape index (κ1) is 30.9. The molecule has 4 nitrogen and oxygen atoms in total. The van der Waals surface area contributed by atoms with Crippen molar-refractivity contribution in [2.45, 2.75) is 32.0 Å². The maximum Gasteiger partial charge on any atom is 0.399 e. The molecule has 2 rings (SSSR count). The van der Waals surface area contributed by atoms with E-state index in [9.17, 15) is 18.0 Å². The van der Waals surface area contributed by atoms with E-state index in [-0.39, 0.29) is 39.2 Å². The number of nitrogens with one attached hydrogen (secondary N) is 1. The largest absolute Gasteiger partial charge is 0.399 e. The van der Waals surface area contributed by atoms with Gasteiger partial charge in [-0.2, -0.15) is 13.2 Å². The number of halogens is 7. The molecule has 1 unspecified atom stereocenters. The maximum atomic E-state index is 13.7. The number of alkyl halides is 3. The number of rotatable bonds is 9. The Morgan fingerprint density at radius 1 is 1.31 bits per heavy atom. The summed E-state index contributed by atoms with van der Waals surface area (Å²) in [6, 6.07) is 4.71. The Balaban J connectivity index is 2.12. The van der Waals surface area contributed by atoms with E-state index >= 15 is 0 Å². The molecule has 198 valence electrons. The molecular formula is C25H27BrCl3F3N2O2. The smallest absolute Gasteiger partial charge is 0.395 e. The molecule has 36 heavy (non-hydrogen) atoms. The maximum absolute atomic E-state index is 13.7.